The topological polar surface area (TPSA) is 52.6 Å². The number of hydrogen-bond acceptors (Lipinski definition) is 4. The van der Waals surface area contributed by atoms with Crippen LogP contribution in [0.4, 0.5) is 0 Å². The Bertz CT molecular complexity index is 252. The summed E-state index contributed by atoms with van der Waals surface area (Å²) in [5, 5.41) is 0. The third-order valence-corrected chi connectivity index (χ3v) is 2.13. The molecule has 0 bridgehead atoms. The van der Waals surface area contributed by atoms with Crippen molar-refractivity contribution in [2.75, 3.05) is 7.11 Å². The van der Waals surface area contributed by atoms with E-state index in [9.17, 15) is 9.59 Å². The molecule has 0 aliphatic heterocycles. The number of carbonyl (C=O) groups is 2. The third-order valence-electron chi connectivity index (χ3n) is 2.13. The molecule has 0 saturated heterocycles. The van der Waals surface area contributed by atoms with Gasteiger partial charge in [-0.2, -0.15) is 0 Å². The first-order chi connectivity index (χ1) is 7.17. The Morgan fingerprint density at radius 1 is 1.19 bits per heavy atom. The first-order valence-electron chi connectivity index (χ1n) is 5.45. The van der Waals surface area contributed by atoms with Crippen LogP contribution >= 0.6 is 0 Å². The molecule has 0 spiro atoms. The summed E-state index contributed by atoms with van der Waals surface area (Å²) in [5.74, 6) is -1.35. The first kappa shape index (κ1) is 15.1. The summed E-state index contributed by atoms with van der Waals surface area (Å²) in [6.45, 7) is 8.69. The van der Waals surface area contributed by atoms with E-state index < -0.39 is 17.5 Å². The lowest BCUT2D eigenvalue weighted by molar-refractivity contribution is -0.161. The van der Waals surface area contributed by atoms with Crippen molar-refractivity contribution in [1.29, 1.82) is 0 Å². The van der Waals surface area contributed by atoms with E-state index in [4.69, 9.17) is 9.47 Å². The number of esters is 1. The van der Waals surface area contributed by atoms with Crippen molar-refractivity contribution in [3.8, 4) is 0 Å². The van der Waals surface area contributed by atoms with Gasteiger partial charge in [0.25, 0.3) is 0 Å². The molecule has 0 amide bonds. The standard InChI is InChI=1S/C12H22O4/c1-8(15-6)7-10(13)9(2)11(14)16-12(3,4)5/h8-9H,7H2,1-6H3. The second-order valence-corrected chi connectivity index (χ2v) is 4.97. The molecule has 0 saturated carbocycles. The number of hydrogen-bond donors (Lipinski definition) is 0. The van der Waals surface area contributed by atoms with Gasteiger partial charge < -0.3 is 9.47 Å². The Morgan fingerprint density at radius 3 is 2.06 bits per heavy atom. The predicted octanol–water partition coefficient (Wildman–Crippen LogP) is 1.96. The fourth-order valence-corrected chi connectivity index (χ4v) is 1.07. The molecule has 94 valence electrons. The van der Waals surface area contributed by atoms with Gasteiger partial charge in [-0.25, -0.2) is 0 Å². The number of methoxy groups -OCH3 is 1. The lowest BCUT2D eigenvalue weighted by atomic mass is 10.0. The highest BCUT2D eigenvalue weighted by molar-refractivity contribution is 5.98. The molecule has 2 unspecified atom stereocenters. The van der Waals surface area contributed by atoms with Gasteiger partial charge in [0.05, 0.1) is 6.10 Å². The zero-order chi connectivity index (χ0) is 12.9. The normalized spacial score (nSPS) is 15.4. The SMILES string of the molecule is COC(C)CC(=O)C(C)C(=O)OC(C)(C)C. The van der Waals surface area contributed by atoms with Crippen LogP contribution in [0.5, 0.6) is 0 Å². The molecule has 4 heteroatoms. The Hall–Kier alpha value is -0.900. The van der Waals surface area contributed by atoms with Gasteiger partial charge in [0.15, 0.2) is 0 Å². The van der Waals surface area contributed by atoms with E-state index in [0.29, 0.717) is 0 Å². The van der Waals surface area contributed by atoms with Crippen molar-refractivity contribution in [3.05, 3.63) is 0 Å². The summed E-state index contributed by atoms with van der Waals surface area (Å²) in [6.07, 6.45) is 0.0640. The minimum Gasteiger partial charge on any atom is -0.459 e. The second-order valence-electron chi connectivity index (χ2n) is 4.97. The molecule has 0 aliphatic rings. The molecule has 0 heterocycles. The molecule has 0 aromatic heterocycles. The van der Waals surface area contributed by atoms with E-state index in [1.165, 1.54) is 7.11 Å². The molecule has 0 aromatic carbocycles. The van der Waals surface area contributed by atoms with Crippen LogP contribution in [0.3, 0.4) is 0 Å². The molecule has 0 fully saturated rings. The lowest BCUT2D eigenvalue weighted by Crippen LogP contribution is -2.32. The maximum atomic E-state index is 11.7. The van der Waals surface area contributed by atoms with Crippen molar-refractivity contribution in [1.82, 2.24) is 0 Å². The van der Waals surface area contributed by atoms with Gasteiger partial charge in [-0.05, 0) is 34.6 Å². The van der Waals surface area contributed by atoms with Crippen LogP contribution in [0.2, 0.25) is 0 Å². The van der Waals surface area contributed by atoms with E-state index in [2.05, 4.69) is 0 Å². The Balaban J connectivity index is 4.28. The van der Waals surface area contributed by atoms with Crippen molar-refractivity contribution >= 4 is 11.8 Å². The van der Waals surface area contributed by atoms with Crippen molar-refractivity contribution in [2.45, 2.75) is 52.7 Å². The largest absolute Gasteiger partial charge is 0.459 e. The quantitative estimate of drug-likeness (QED) is 0.535. The summed E-state index contributed by atoms with van der Waals surface area (Å²) >= 11 is 0. The number of Topliss-reactive ketones (excluding diaryl/α,β-unsaturated/α-hetero) is 1. The smallest absolute Gasteiger partial charge is 0.316 e. The minimum atomic E-state index is -0.725. The molecule has 16 heavy (non-hydrogen) atoms. The molecule has 0 radical (unpaired) electrons. The summed E-state index contributed by atoms with van der Waals surface area (Å²) in [4.78, 5) is 23.2. The predicted molar refractivity (Wildman–Crippen MR) is 61.1 cm³/mol. The van der Waals surface area contributed by atoms with Crippen LogP contribution in [0.15, 0.2) is 0 Å². The van der Waals surface area contributed by atoms with E-state index in [1.807, 2.05) is 0 Å². The van der Waals surface area contributed by atoms with Gasteiger partial charge in [-0.3, -0.25) is 9.59 Å². The minimum absolute atomic E-state index is 0.149. The monoisotopic (exact) mass is 230 g/mol. The van der Waals surface area contributed by atoms with Crippen molar-refractivity contribution in [2.24, 2.45) is 5.92 Å². The van der Waals surface area contributed by atoms with Crippen molar-refractivity contribution < 1.29 is 19.1 Å². The molecule has 0 aliphatic carbocycles. The fraction of sp³-hybridized carbons (Fsp3) is 0.833. The van der Waals surface area contributed by atoms with Gasteiger partial charge in [0.1, 0.15) is 17.3 Å². The van der Waals surface area contributed by atoms with E-state index >= 15 is 0 Å². The molecule has 4 nitrogen and oxygen atoms in total. The van der Waals surface area contributed by atoms with Crippen molar-refractivity contribution in [3.63, 3.8) is 0 Å². The van der Waals surface area contributed by atoms with Crippen LogP contribution in [0.1, 0.15) is 41.0 Å². The Morgan fingerprint density at radius 2 is 1.69 bits per heavy atom. The molecule has 2 atom stereocenters. The van der Waals surface area contributed by atoms with Crippen LogP contribution in [0.25, 0.3) is 0 Å². The maximum Gasteiger partial charge on any atom is 0.316 e. The number of carbonyl (C=O) groups excluding carboxylic acids is 2. The van der Waals surface area contributed by atoms with Gasteiger partial charge in [0, 0.05) is 13.5 Å². The van der Waals surface area contributed by atoms with E-state index in [-0.39, 0.29) is 18.3 Å². The van der Waals surface area contributed by atoms with Gasteiger partial charge in [-0.1, -0.05) is 0 Å². The van der Waals surface area contributed by atoms with Gasteiger partial charge in [-0.15, -0.1) is 0 Å². The van der Waals surface area contributed by atoms with E-state index in [1.54, 1.807) is 34.6 Å². The first-order valence-corrected chi connectivity index (χ1v) is 5.45. The lowest BCUT2D eigenvalue weighted by Gasteiger charge is -2.22. The van der Waals surface area contributed by atoms with Gasteiger partial charge in [0.2, 0.25) is 0 Å². The highest BCUT2D eigenvalue weighted by Gasteiger charge is 2.27. The van der Waals surface area contributed by atoms with E-state index in [0.717, 1.165) is 0 Å². The molecule has 0 rings (SSSR count). The molecular weight excluding hydrogens is 208 g/mol. The molecule has 0 aromatic rings. The number of rotatable bonds is 5. The zero-order valence-electron chi connectivity index (χ0n) is 11.0. The highest BCUT2D eigenvalue weighted by atomic mass is 16.6. The summed E-state index contributed by atoms with van der Waals surface area (Å²) in [6, 6.07) is 0. The Kier molecular flexibility index (Phi) is 5.65. The molecule has 0 N–H and O–H groups in total. The zero-order valence-corrected chi connectivity index (χ0v) is 11.0. The summed E-state index contributed by atoms with van der Waals surface area (Å²) in [7, 11) is 1.54. The highest BCUT2D eigenvalue weighted by Crippen LogP contribution is 2.13. The Labute approximate surface area is 97.3 Å². The van der Waals surface area contributed by atoms with Crippen LogP contribution in [0, 0.1) is 5.92 Å². The maximum absolute atomic E-state index is 11.7. The van der Waals surface area contributed by atoms with Crippen LogP contribution < -0.4 is 0 Å². The third kappa shape index (κ3) is 5.85. The average molecular weight is 230 g/mol. The van der Waals surface area contributed by atoms with Gasteiger partial charge >= 0.3 is 5.97 Å². The van der Waals surface area contributed by atoms with Crippen LogP contribution in [-0.4, -0.2) is 30.6 Å². The number of ketones is 1. The fourth-order valence-electron chi connectivity index (χ4n) is 1.07. The van der Waals surface area contributed by atoms with Crippen LogP contribution in [-0.2, 0) is 19.1 Å². The summed E-state index contributed by atoms with van der Waals surface area (Å²) < 4.78 is 10.1. The average Bonchev–Trinajstić information content (AvgIpc) is 2.13. The summed E-state index contributed by atoms with van der Waals surface area (Å²) in [5.41, 5.74) is -0.557. The molecular formula is C12H22O4. The number of ether oxygens (including phenoxy) is 2. The second kappa shape index (κ2) is 5.99.